The molecule has 3 rings (SSSR count). The van der Waals surface area contributed by atoms with Gasteiger partial charge in [-0.25, -0.2) is 5.10 Å². The normalized spacial score (nSPS) is 10.3. The predicted octanol–water partition coefficient (Wildman–Crippen LogP) is 3.05. The van der Waals surface area contributed by atoms with Gasteiger partial charge in [0.1, 0.15) is 5.75 Å². The Hall–Kier alpha value is -2.70. The Kier molecular flexibility index (Phi) is 6.89. The number of H-pyrrole nitrogens is 1. The first-order chi connectivity index (χ1) is 12.2. The van der Waals surface area contributed by atoms with Crippen molar-refractivity contribution in [2.75, 3.05) is 6.54 Å². The molecular formula is C19H20ClN3O3. The van der Waals surface area contributed by atoms with Crippen LogP contribution in [0.15, 0.2) is 53.3 Å². The Labute approximate surface area is 156 Å². The zero-order valence-corrected chi connectivity index (χ0v) is 14.9. The number of hydrogen-bond donors (Lipinski definition) is 2. The SMILES string of the molecule is Cl.NCCCCC(=O)Oc1cccc(-c2n[nH]c(=O)c3ccccc23)c1. The van der Waals surface area contributed by atoms with Crippen LogP contribution < -0.4 is 16.0 Å². The van der Waals surface area contributed by atoms with Crippen LogP contribution in [0.25, 0.3) is 22.0 Å². The summed E-state index contributed by atoms with van der Waals surface area (Å²) in [5, 5.41) is 7.99. The van der Waals surface area contributed by atoms with E-state index in [4.69, 9.17) is 10.5 Å². The Bertz CT molecular complexity index is 956. The molecule has 26 heavy (non-hydrogen) atoms. The van der Waals surface area contributed by atoms with Gasteiger partial charge in [0.15, 0.2) is 0 Å². The molecular weight excluding hydrogens is 354 g/mol. The first kappa shape index (κ1) is 19.6. The van der Waals surface area contributed by atoms with Crippen LogP contribution in [0, 0.1) is 0 Å². The highest BCUT2D eigenvalue weighted by atomic mass is 35.5. The highest BCUT2D eigenvalue weighted by Crippen LogP contribution is 2.27. The molecule has 0 amide bonds. The third-order valence-electron chi connectivity index (χ3n) is 3.87. The van der Waals surface area contributed by atoms with E-state index in [0.717, 1.165) is 17.4 Å². The lowest BCUT2D eigenvalue weighted by Gasteiger charge is -2.08. The molecule has 0 radical (unpaired) electrons. The number of carbonyl (C=O) groups excluding carboxylic acids is 1. The summed E-state index contributed by atoms with van der Waals surface area (Å²) in [5.74, 6) is 0.164. The van der Waals surface area contributed by atoms with E-state index in [9.17, 15) is 9.59 Å². The molecule has 0 atom stereocenters. The molecule has 0 bridgehead atoms. The zero-order valence-electron chi connectivity index (χ0n) is 14.1. The molecule has 0 aliphatic rings. The lowest BCUT2D eigenvalue weighted by molar-refractivity contribution is -0.134. The number of fused-ring (bicyclic) bond motifs is 1. The summed E-state index contributed by atoms with van der Waals surface area (Å²) in [4.78, 5) is 23.8. The van der Waals surface area contributed by atoms with Gasteiger partial charge in [0.25, 0.3) is 5.56 Å². The lowest BCUT2D eigenvalue weighted by Crippen LogP contribution is -2.10. The molecule has 3 aromatic rings. The van der Waals surface area contributed by atoms with E-state index in [1.807, 2.05) is 18.2 Å². The number of unbranched alkanes of at least 4 members (excludes halogenated alkanes) is 1. The second-order valence-corrected chi connectivity index (χ2v) is 5.69. The van der Waals surface area contributed by atoms with Crippen molar-refractivity contribution < 1.29 is 9.53 Å². The number of ether oxygens (including phenoxy) is 1. The van der Waals surface area contributed by atoms with Gasteiger partial charge >= 0.3 is 5.97 Å². The standard InChI is InChI=1S/C19H19N3O3.ClH/c20-11-4-3-10-17(23)25-14-7-5-6-13(12-14)18-15-8-1-2-9-16(15)19(24)22-21-18;/h1-2,5-9,12H,3-4,10-11,20H2,(H,22,24);1H. The molecule has 2 aromatic carbocycles. The van der Waals surface area contributed by atoms with E-state index < -0.39 is 0 Å². The third kappa shape index (κ3) is 4.47. The van der Waals surface area contributed by atoms with Crippen molar-refractivity contribution in [3.05, 3.63) is 58.9 Å². The number of nitrogens with one attached hydrogen (secondary N) is 1. The van der Waals surface area contributed by atoms with Gasteiger partial charge < -0.3 is 10.5 Å². The molecule has 0 aliphatic carbocycles. The maximum absolute atomic E-state index is 11.9. The van der Waals surface area contributed by atoms with Crippen molar-refractivity contribution in [3.8, 4) is 17.0 Å². The number of benzene rings is 2. The van der Waals surface area contributed by atoms with Crippen LogP contribution in [0.5, 0.6) is 5.75 Å². The molecule has 0 saturated carbocycles. The van der Waals surface area contributed by atoms with Crippen LogP contribution in [0.1, 0.15) is 19.3 Å². The first-order valence-electron chi connectivity index (χ1n) is 8.17. The fraction of sp³-hybridized carbons (Fsp3) is 0.211. The number of hydrogen-bond acceptors (Lipinski definition) is 5. The van der Waals surface area contributed by atoms with Gasteiger partial charge in [0.2, 0.25) is 0 Å². The second-order valence-electron chi connectivity index (χ2n) is 5.69. The predicted molar refractivity (Wildman–Crippen MR) is 104 cm³/mol. The van der Waals surface area contributed by atoms with Gasteiger partial charge in [-0.3, -0.25) is 9.59 Å². The van der Waals surface area contributed by atoms with Crippen LogP contribution in [0.3, 0.4) is 0 Å². The van der Waals surface area contributed by atoms with E-state index in [2.05, 4.69) is 10.2 Å². The lowest BCUT2D eigenvalue weighted by atomic mass is 10.1. The van der Waals surface area contributed by atoms with Gasteiger partial charge in [0, 0.05) is 17.4 Å². The monoisotopic (exact) mass is 373 g/mol. The second kappa shape index (κ2) is 9.12. The van der Waals surface area contributed by atoms with E-state index in [1.165, 1.54) is 0 Å². The Morgan fingerprint density at radius 1 is 1.08 bits per heavy atom. The minimum Gasteiger partial charge on any atom is -0.427 e. The van der Waals surface area contributed by atoms with Crippen LogP contribution in [-0.2, 0) is 4.79 Å². The summed E-state index contributed by atoms with van der Waals surface area (Å²) in [6.07, 6.45) is 1.84. The van der Waals surface area contributed by atoms with Crippen molar-refractivity contribution in [2.24, 2.45) is 5.73 Å². The fourth-order valence-electron chi connectivity index (χ4n) is 2.64. The summed E-state index contributed by atoms with van der Waals surface area (Å²) in [6.45, 7) is 0.563. The molecule has 1 heterocycles. The van der Waals surface area contributed by atoms with Gasteiger partial charge in [-0.15, -0.1) is 12.4 Å². The van der Waals surface area contributed by atoms with Crippen molar-refractivity contribution in [3.63, 3.8) is 0 Å². The molecule has 0 spiro atoms. The summed E-state index contributed by atoms with van der Waals surface area (Å²) in [5.41, 5.74) is 6.59. The van der Waals surface area contributed by atoms with Crippen molar-refractivity contribution in [2.45, 2.75) is 19.3 Å². The van der Waals surface area contributed by atoms with Crippen LogP contribution >= 0.6 is 12.4 Å². The van der Waals surface area contributed by atoms with Crippen molar-refractivity contribution >= 4 is 29.1 Å². The molecule has 0 unspecified atom stereocenters. The molecule has 0 aliphatic heterocycles. The summed E-state index contributed by atoms with van der Waals surface area (Å²) in [7, 11) is 0. The maximum atomic E-state index is 11.9. The minimum absolute atomic E-state index is 0. The molecule has 0 saturated heterocycles. The van der Waals surface area contributed by atoms with Crippen LogP contribution in [0.2, 0.25) is 0 Å². The van der Waals surface area contributed by atoms with E-state index in [0.29, 0.717) is 36.2 Å². The van der Waals surface area contributed by atoms with Crippen molar-refractivity contribution in [1.29, 1.82) is 0 Å². The number of esters is 1. The first-order valence-corrected chi connectivity index (χ1v) is 8.17. The van der Waals surface area contributed by atoms with Gasteiger partial charge in [-0.05, 0) is 37.6 Å². The molecule has 1 aromatic heterocycles. The number of nitrogens with zero attached hydrogens (tertiary/aromatic N) is 1. The van der Waals surface area contributed by atoms with Gasteiger partial charge in [-0.2, -0.15) is 5.10 Å². The summed E-state index contributed by atoms with van der Waals surface area (Å²) >= 11 is 0. The summed E-state index contributed by atoms with van der Waals surface area (Å²) < 4.78 is 5.38. The largest absolute Gasteiger partial charge is 0.427 e. The topological polar surface area (TPSA) is 98.1 Å². The maximum Gasteiger partial charge on any atom is 0.311 e. The molecule has 6 nitrogen and oxygen atoms in total. The quantitative estimate of drug-likeness (QED) is 0.393. The molecule has 136 valence electrons. The number of aromatic nitrogens is 2. The number of aromatic amines is 1. The Morgan fingerprint density at radius 2 is 1.85 bits per heavy atom. The number of rotatable bonds is 6. The highest BCUT2D eigenvalue weighted by molar-refractivity contribution is 5.93. The van der Waals surface area contributed by atoms with Crippen LogP contribution in [-0.4, -0.2) is 22.7 Å². The molecule has 7 heteroatoms. The van der Waals surface area contributed by atoms with Crippen molar-refractivity contribution in [1.82, 2.24) is 10.2 Å². The Morgan fingerprint density at radius 3 is 2.62 bits per heavy atom. The summed E-state index contributed by atoms with van der Waals surface area (Å²) in [6, 6.07) is 14.4. The number of carbonyl (C=O) groups is 1. The Balaban J connectivity index is 0.00000243. The van der Waals surface area contributed by atoms with Crippen LogP contribution in [0.4, 0.5) is 0 Å². The highest BCUT2D eigenvalue weighted by Gasteiger charge is 2.10. The zero-order chi connectivity index (χ0) is 17.6. The van der Waals surface area contributed by atoms with E-state index in [-0.39, 0.29) is 23.9 Å². The number of nitrogens with two attached hydrogens (primary N) is 1. The average molecular weight is 374 g/mol. The van der Waals surface area contributed by atoms with E-state index in [1.54, 1.807) is 30.3 Å². The fourth-order valence-corrected chi connectivity index (χ4v) is 2.64. The average Bonchev–Trinajstić information content (AvgIpc) is 2.63. The van der Waals surface area contributed by atoms with E-state index >= 15 is 0 Å². The minimum atomic E-state index is -0.287. The molecule has 3 N–H and O–H groups in total. The van der Waals surface area contributed by atoms with Gasteiger partial charge in [0.05, 0.1) is 11.1 Å². The number of halogens is 1. The van der Waals surface area contributed by atoms with Gasteiger partial charge in [-0.1, -0.05) is 30.3 Å². The smallest absolute Gasteiger partial charge is 0.311 e. The molecule has 0 fully saturated rings. The third-order valence-corrected chi connectivity index (χ3v) is 3.87.